The minimum absolute atomic E-state index is 0. The lowest BCUT2D eigenvalue weighted by atomic mass is 10.1. The Balaban J connectivity index is 0.00000480. The van der Waals surface area contributed by atoms with E-state index in [1.165, 1.54) is 6.07 Å². The van der Waals surface area contributed by atoms with Crippen LogP contribution in [-0.2, 0) is 4.79 Å². The molecule has 0 unspecified atom stereocenters. The number of para-hydroxylation sites is 1. The number of benzene rings is 1. The van der Waals surface area contributed by atoms with Crippen LogP contribution in [0.3, 0.4) is 0 Å². The van der Waals surface area contributed by atoms with Gasteiger partial charge in [0.2, 0.25) is 5.91 Å². The lowest BCUT2D eigenvalue weighted by molar-refractivity contribution is -0.121. The highest BCUT2D eigenvalue weighted by atomic mass is 127. The van der Waals surface area contributed by atoms with Crippen molar-refractivity contribution in [2.75, 3.05) is 57.3 Å². The molecule has 1 aromatic rings. The Kier molecular flexibility index (Phi) is 12.1. The van der Waals surface area contributed by atoms with Crippen molar-refractivity contribution in [3.05, 3.63) is 30.1 Å². The lowest BCUT2D eigenvalue weighted by Crippen LogP contribution is -2.47. The minimum atomic E-state index is -0.255. The van der Waals surface area contributed by atoms with E-state index in [0.717, 1.165) is 52.2 Å². The molecule has 31 heavy (non-hydrogen) atoms. The van der Waals surface area contributed by atoms with E-state index >= 15 is 0 Å². The molecule has 1 saturated heterocycles. The molecule has 1 aromatic carbocycles. The van der Waals surface area contributed by atoms with Crippen LogP contribution >= 0.6 is 24.0 Å². The SMILES string of the molecule is CCNC(=NCC(=O)NC(C)(C)C)NCCCN1CCN(c2ccccc2F)CC1.I. The second kappa shape index (κ2) is 13.7. The molecule has 0 saturated carbocycles. The number of halogens is 2. The highest BCUT2D eigenvalue weighted by molar-refractivity contribution is 14.0. The quantitative estimate of drug-likeness (QED) is 0.202. The van der Waals surface area contributed by atoms with Crippen LogP contribution in [0.4, 0.5) is 10.1 Å². The second-order valence-electron chi connectivity index (χ2n) is 8.55. The second-order valence-corrected chi connectivity index (χ2v) is 8.55. The van der Waals surface area contributed by atoms with E-state index in [1.807, 2.05) is 39.8 Å². The molecule has 0 bridgehead atoms. The van der Waals surface area contributed by atoms with Crippen molar-refractivity contribution in [2.24, 2.45) is 4.99 Å². The smallest absolute Gasteiger partial charge is 0.242 e. The molecule has 1 aliphatic heterocycles. The van der Waals surface area contributed by atoms with E-state index < -0.39 is 0 Å². The summed E-state index contributed by atoms with van der Waals surface area (Å²) in [6, 6.07) is 6.97. The molecular formula is C22H38FIN6O. The Morgan fingerprint density at radius 2 is 1.81 bits per heavy atom. The van der Waals surface area contributed by atoms with Crippen LogP contribution < -0.4 is 20.9 Å². The molecule has 1 amide bonds. The normalized spacial score (nSPS) is 15.3. The van der Waals surface area contributed by atoms with Crippen LogP contribution in [0.1, 0.15) is 34.1 Å². The average Bonchev–Trinajstić information content (AvgIpc) is 2.69. The minimum Gasteiger partial charge on any atom is -0.367 e. The number of amides is 1. The van der Waals surface area contributed by atoms with E-state index in [0.29, 0.717) is 11.6 Å². The van der Waals surface area contributed by atoms with Crippen LogP contribution in [0.15, 0.2) is 29.3 Å². The van der Waals surface area contributed by atoms with Gasteiger partial charge in [-0.05, 0) is 52.8 Å². The number of carbonyl (C=O) groups excluding carboxylic acids is 1. The van der Waals surface area contributed by atoms with Crippen LogP contribution in [0, 0.1) is 5.82 Å². The van der Waals surface area contributed by atoms with Crippen molar-refractivity contribution in [3.63, 3.8) is 0 Å². The summed E-state index contributed by atoms with van der Waals surface area (Å²) >= 11 is 0. The van der Waals surface area contributed by atoms with Crippen molar-refractivity contribution in [1.82, 2.24) is 20.9 Å². The number of nitrogens with one attached hydrogen (secondary N) is 3. The maximum atomic E-state index is 13.9. The van der Waals surface area contributed by atoms with Crippen LogP contribution in [0.25, 0.3) is 0 Å². The summed E-state index contributed by atoms with van der Waals surface area (Å²) in [5.74, 6) is 0.417. The maximum Gasteiger partial charge on any atom is 0.242 e. The van der Waals surface area contributed by atoms with Gasteiger partial charge in [-0.25, -0.2) is 9.38 Å². The first-order valence-electron chi connectivity index (χ1n) is 10.8. The molecule has 1 aliphatic rings. The van der Waals surface area contributed by atoms with Crippen molar-refractivity contribution in [1.29, 1.82) is 0 Å². The molecule has 3 N–H and O–H groups in total. The predicted octanol–water partition coefficient (Wildman–Crippen LogP) is 2.43. The molecule has 2 rings (SSSR count). The molecule has 0 aliphatic carbocycles. The average molecular weight is 548 g/mol. The molecule has 0 spiro atoms. The zero-order valence-electron chi connectivity index (χ0n) is 19.2. The number of anilines is 1. The van der Waals surface area contributed by atoms with Gasteiger partial charge < -0.3 is 20.9 Å². The van der Waals surface area contributed by atoms with Crippen LogP contribution in [0.5, 0.6) is 0 Å². The molecule has 0 atom stereocenters. The third-order valence-electron chi connectivity index (χ3n) is 4.75. The zero-order chi connectivity index (χ0) is 22.0. The van der Waals surface area contributed by atoms with Gasteiger partial charge in [-0.2, -0.15) is 0 Å². The highest BCUT2D eigenvalue weighted by Crippen LogP contribution is 2.20. The van der Waals surface area contributed by atoms with Gasteiger partial charge in [0.1, 0.15) is 12.4 Å². The molecular weight excluding hydrogens is 510 g/mol. The first-order valence-corrected chi connectivity index (χ1v) is 10.8. The fraction of sp³-hybridized carbons (Fsp3) is 0.636. The fourth-order valence-electron chi connectivity index (χ4n) is 3.38. The lowest BCUT2D eigenvalue weighted by Gasteiger charge is -2.36. The number of hydrogen-bond donors (Lipinski definition) is 3. The van der Waals surface area contributed by atoms with Gasteiger partial charge in [-0.3, -0.25) is 9.69 Å². The van der Waals surface area contributed by atoms with Gasteiger partial charge in [0.25, 0.3) is 0 Å². The van der Waals surface area contributed by atoms with Crippen molar-refractivity contribution < 1.29 is 9.18 Å². The Labute approximate surface area is 203 Å². The predicted molar refractivity (Wildman–Crippen MR) is 137 cm³/mol. The van der Waals surface area contributed by atoms with E-state index in [2.05, 4.69) is 30.7 Å². The highest BCUT2D eigenvalue weighted by Gasteiger charge is 2.19. The molecule has 1 heterocycles. The standard InChI is InChI=1S/C22H37FN6O.HI/c1-5-24-21(26-17-20(30)27-22(2,3)4)25-11-8-12-28-13-15-29(16-14-28)19-10-7-6-9-18(19)23;/h6-7,9-10H,5,8,11-17H2,1-4H3,(H,27,30)(H2,24,25,26);1H. The monoisotopic (exact) mass is 548 g/mol. The third kappa shape index (κ3) is 10.5. The number of guanidine groups is 1. The number of hydrogen-bond acceptors (Lipinski definition) is 4. The van der Waals surface area contributed by atoms with Gasteiger partial charge in [-0.1, -0.05) is 12.1 Å². The first kappa shape index (κ1) is 27.4. The van der Waals surface area contributed by atoms with Gasteiger partial charge >= 0.3 is 0 Å². The Morgan fingerprint density at radius 3 is 2.42 bits per heavy atom. The van der Waals surface area contributed by atoms with E-state index in [1.54, 1.807) is 6.07 Å². The Hall–Kier alpha value is -1.62. The number of aliphatic imine (C=N–C) groups is 1. The molecule has 0 aromatic heterocycles. The maximum absolute atomic E-state index is 13.9. The van der Waals surface area contributed by atoms with Gasteiger partial charge in [-0.15, -0.1) is 24.0 Å². The molecule has 9 heteroatoms. The topological polar surface area (TPSA) is 72.0 Å². The van der Waals surface area contributed by atoms with Crippen molar-refractivity contribution in [2.45, 2.75) is 39.7 Å². The molecule has 7 nitrogen and oxygen atoms in total. The summed E-state index contributed by atoms with van der Waals surface area (Å²) in [6.45, 7) is 14.0. The van der Waals surface area contributed by atoms with Gasteiger partial charge in [0.15, 0.2) is 5.96 Å². The Bertz CT molecular complexity index is 701. The van der Waals surface area contributed by atoms with E-state index in [-0.39, 0.29) is 47.8 Å². The van der Waals surface area contributed by atoms with E-state index in [4.69, 9.17) is 0 Å². The molecule has 176 valence electrons. The summed E-state index contributed by atoms with van der Waals surface area (Å²) in [5.41, 5.74) is 0.440. The van der Waals surface area contributed by atoms with Gasteiger partial charge in [0.05, 0.1) is 5.69 Å². The zero-order valence-corrected chi connectivity index (χ0v) is 21.5. The van der Waals surface area contributed by atoms with Crippen LogP contribution in [-0.4, -0.2) is 74.7 Å². The van der Waals surface area contributed by atoms with Gasteiger partial charge in [0, 0.05) is 44.8 Å². The summed E-state index contributed by atoms with van der Waals surface area (Å²) < 4.78 is 13.9. The summed E-state index contributed by atoms with van der Waals surface area (Å²) in [4.78, 5) is 20.8. The number of piperazine rings is 1. The summed E-state index contributed by atoms with van der Waals surface area (Å²) in [5, 5.41) is 9.37. The summed E-state index contributed by atoms with van der Waals surface area (Å²) in [6.07, 6.45) is 0.971. The number of nitrogens with zero attached hydrogens (tertiary/aromatic N) is 3. The number of rotatable bonds is 8. The van der Waals surface area contributed by atoms with Crippen LogP contribution in [0.2, 0.25) is 0 Å². The van der Waals surface area contributed by atoms with Crippen molar-refractivity contribution >= 4 is 41.5 Å². The van der Waals surface area contributed by atoms with Crippen molar-refractivity contribution in [3.8, 4) is 0 Å². The third-order valence-corrected chi connectivity index (χ3v) is 4.75. The van der Waals surface area contributed by atoms with E-state index in [9.17, 15) is 9.18 Å². The molecule has 1 fully saturated rings. The largest absolute Gasteiger partial charge is 0.367 e. The molecule has 0 radical (unpaired) electrons. The summed E-state index contributed by atoms with van der Waals surface area (Å²) in [7, 11) is 0. The fourth-order valence-corrected chi connectivity index (χ4v) is 3.38. The number of carbonyl (C=O) groups is 1. The first-order chi connectivity index (χ1) is 14.3. The Morgan fingerprint density at radius 1 is 1.13 bits per heavy atom.